The van der Waals surface area contributed by atoms with Crippen LogP contribution in [0.25, 0.3) is 0 Å². The lowest BCUT2D eigenvalue weighted by Gasteiger charge is -2.21. The van der Waals surface area contributed by atoms with Gasteiger partial charge in [-0.25, -0.2) is 0 Å². The zero-order chi connectivity index (χ0) is 11.1. The Morgan fingerprint density at radius 3 is 2.88 bits per heavy atom. The molecule has 3 aliphatic rings. The summed E-state index contributed by atoms with van der Waals surface area (Å²) >= 11 is 0. The molecule has 0 aromatic rings. The molecule has 1 aliphatic heterocycles. The maximum atomic E-state index is 11.7. The van der Waals surface area contributed by atoms with E-state index in [1.165, 1.54) is 25.7 Å². The van der Waals surface area contributed by atoms with Gasteiger partial charge in [0.25, 0.3) is 0 Å². The monoisotopic (exact) mass is 220 g/mol. The quantitative estimate of drug-likeness (QED) is 0.777. The molecule has 1 N–H and O–H groups in total. The highest BCUT2D eigenvalue weighted by atomic mass is 16.2. The first-order valence-corrected chi connectivity index (χ1v) is 6.66. The molecule has 16 heavy (non-hydrogen) atoms. The Morgan fingerprint density at radius 1 is 1.38 bits per heavy atom. The summed E-state index contributed by atoms with van der Waals surface area (Å²) in [5.41, 5.74) is 0. The van der Waals surface area contributed by atoms with Crippen LogP contribution in [0.1, 0.15) is 45.4 Å². The van der Waals surface area contributed by atoms with Crippen LogP contribution in [0.15, 0.2) is 4.99 Å². The number of hydrogen-bond donors (Lipinski definition) is 1. The molecule has 1 amide bonds. The van der Waals surface area contributed by atoms with Crippen LogP contribution in [0, 0.1) is 17.8 Å². The average Bonchev–Trinajstić information content (AvgIpc) is 2.94. The van der Waals surface area contributed by atoms with Gasteiger partial charge in [0.1, 0.15) is 11.9 Å². The van der Waals surface area contributed by atoms with E-state index in [9.17, 15) is 4.79 Å². The van der Waals surface area contributed by atoms with Gasteiger partial charge in [0.15, 0.2) is 0 Å². The SMILES string of the molecule is CCCC1N=C(C2CC3CCC2C3)NC1=O. The number of nitrogens with zero attached hydrogens (tertiary/aromatic N) is 1. The van der Waals surface area contributed by atoms with Crippen LogP contribution in [0.3, 0.4) is 0 Å². The molecule has 1 heterocycles. The highest BCUT2D eigenvalue weighted by Crippen LogP contribution is 2.48. The van der Waals surface area contributed by atoms with Crippen LogP contribution >= 0.6 is 0 Å². The Balaban J connectivity index is 1.72. The number of fused-ring (bicyclic) bond motifs is 2. The van der Waals surface area contributed by atoms with Gasteiger partial charge in [0, 0.05) is 5.92 Å². The van der Waals surface area contributed by atoms with Gasteiger partial charge < -0.3 is 5.32 Å². The van der Waals surface area contributed by atoms with Gasteiger partial charge in [-0.1, -0.05) is 19.8 Å². The van der Waals surface area contributed by atoms with Crippen LogP contribution in [-0.2, 0) is 4.79 Å². The van der Waals surface area contributed by atoms with E-state index < -0.39 is 0 Å². The maximum absolute atomic E-state index is 11.7. The molecular formula is C13H20N2O. The second-order valence-corrected chi connectivity index (χ2v) is 5.59. The first-order valence-electron chi connectivity index (χ1n) is 6.66. The third-order valence-electron chi connectivity index (χ3n) is 4.50. The van der Waals surface area contributed by atoms with Crippen molar-refractivity contribution in [1.82, 2.24) is 5.32 Å². The minimum atomic E-state index is -0.0841. The second kappa shape index (κ2) is 3.86. The van der Waals surface area contributed by atoms with Gasteiger partial charge >= 0.3 is 0 Å². The highest BCUT2D eigenvalue weighted by molar-refractivity contribution is 6.06. The van der Waals surface area contributed by atoms with E-state index in [0.717, 1.165) is 30.5 Å². The standard InChI is InChI=1S/C13H20N2O/c1-2-3-11-13(16)15-12(14-11)10-7-8-4-5-9(10)6-8/h8-11H,2-7H2,1H3,(H,14,15,16). The number of carbonyl (C=O) groups excluding carboxylic acids is 1. The molecule has 0 radical (unpaired) electrons. The largest absolute Gasteiger partial charge is 0.312 e. The highest BCUT2D eigenvalue weighted by Gasteiger charge is 2.44. The fourth-order valence-corrected chi connectivity index (χ4v) is 3.71. The number of aliphatic imine (C=N–C) groups is 1. The molecule has 3 rings (SSSR count). The fourth-order valence-electron chi connectivity index (χ4n) is 3.71. The second-order valence-electron chi connectivity index (χ2n) is 5.59. The number of amides is 1. The summed E-state index contributed by atoms with van der Waals surface area (Å²) in [6.45, 7) is 2.11. The zero-order valence-electron chi connectivity index (χ0n) is 9.91. The Labute approximate surface area is 96.7 Å². The molecule has 4 atom stereocenters. The minimum Gasteiger partial charge on any atom is -0.312 e. The topological polar surface area (TPSA) is 41.5 Å². The fraction of sp³-hybridized carbons (Fsp3) is 0.846. The molecule has 0 spiro atoms. The van der Waals surface area contributed by atoms with Crippen molar-refractivity contribution in [3.8, 4) is 0 Å². The summed E-state index contributed by atoms with van der Waals surface area (Å²) in [4.78, 5) is 16.3. The third kappa shape index (κ3) is 1.57. The molecule has 0 aromatic carbocycles. The Bertz CT molecular complexity index is 337. The first-order chi connectivity index (χ1) is 7.78. The van der Waals surface area contributed by atoms with E-state index >= 15 is 0 Å². The number of nitrogens with one attached hydrogen (secondary N) is 1. The summed E-state index contributed by atoms with van der Waals surface area (Å²) in [7, 11) is 0. The molecule has 0 saturated heterocycles. The Hall–Kier alpha value is -0.860. The van der Waals surface area contributed by atoms with E-state index in [1.54, 1.807) is 0 Å². The smallest absolute Gasteiger partial charge is 0.250 e. The number of rotatable bonds is 3. The number of hydrogen-bond acceptors (Lipinski definition) is 2. The predicted molar refractivity (Wildman–Crippen MR) is 63.2 cm³/mol. The molecule has 2 bridgehead atoms. The molecule has 0 aromatic heterocycles. The van der Waals surface area contributed by atoms with Crippen LogP contribution in [0.5, 0.6) is 0 Å². The van der Waals surface area contributed by atoms with Gasteiger partial charge in [-0.05, 0) is 37.5 Å². The first kappa shape index (κ1) is 10.3. The van der Waals surface area contributed by atoms with Crippen molar-refractivity contribution >= 4 is 11.7 Å². The van der Waals surface area contributed by atoms with Crippen molar-refractivity contribution in [2.45, 2.75) is 51.5 Å². The summed E-state index contributed by atoms with van der Waals surface area (Å²) < 4.78 is 0. The lowest BCUT2D eigenvalue weighted by atomic mass is 9.88. The minimum absolute atomic E-state index is 0.0841. The summed E-state index contributed by atoms with van der Waals surface area (Å²) in [6, 6.07) is -0.0841. The van der Waals surface area contributed by atoms with Gasteiger partial charge in [-0.2, -0.15) is 0 Å². The molecule has 2 saturated carbocycles. The summed E-state index contributed by atoms with van der Waals surface area (Å²) in [6.07, 6.45) is 7.33. The van der Waals surface area contributed by atoms with Gasteiger partial charge in [0.2, 0.25) is 5.91 Å². The Kier molecular flexibility index (Phi) is 2.49. The van der Waals surface area contributed by atoms with Gasteiger partial charge in [0.05, 0.1) is 0 Å². The van der Waals surface area contributed by atoms with E-state index in [4.69, 9.17) is 0 Å². The molecule has 3 nitrogen and oxygen atoms in total. The average molecular weight is 220 g/mol. The van der Waals surface area contributed by atoms with Crippen LogP contribution in [-0.4, -0.2) is 17.8 Å². The van der Waals surface area contributed by atoms with Gasteiger partial charge in [-0.3, -0.25) is 9.79 Å². The summed E-state index contributed by atoms with van der Waals surface area (Å²) in [5.74, 6) is 3.46. The molecule has 4 unspecified atom stereocenters. The Morgan fingerprint density at radius 2 is 2.25 bits per heavy atom. The van der Waals surface area contributed by atoms with Crippen molar-refractivity contribution in [3.63, 3.8) is 0 Å². The number of amidine groups is 1. The van der Waals surface area contributed by atoms with Crippen molar-refractivity contribution in [2.24, 2.45) is 22.7 Å². The lowest BCUT2D eigenvalue weighted by molar-refractivity contribution is -0.120. The van der Waals surface area contributed by atoms with Crippen molar-refractivity contribution in [2.75, 3.05) is 0 Å². The third-order valence-corrected chi connectivity index (χ3v) is 4.50. The van der Waals surface area contributed by atoms with Gasteiger partial charge in [-0.15, -0.1) is 0 Å². The number of carbonyl (C=O) groups is 1. The van der Waals surface area contributed by atoms with Crippen molar-refractivity contribution in [3.05, 3.63) is 0 Å². The molecule has 3 heteroatoms. The van der Waals surface area contributed by atoms with E-state index in [1.807, 2.05) is 0 Å². The van der Waals surface area contributed by atoms with Crippen LogP contribution < -0.4 is 5.32 Å². The van der Waals surface area contributed by atoms with Crippen molar-refractivity contribution in [1.29, 1.82) is 0 Å². The molecule has 2 fully saturated rings. The van der Waals surface area contributed by atoms with E-state index in [2.05, 4.69) is 17.2 Å². The van der Waals surface area contributed by atoms with E-state index in [-0.39, 0.29) is 11.9 Å². The van der Waals surface area contributed by atoms with E-state index in [0.29, 0.717) is 5.92 Å². The lowest BCUT2D eigenvalue weighted by Crippen LogP contribution is -2.34. The van der Waals surface area contributed by atoms with Crippen LogP contribution in [0.2, 0.25) is 0 Å². The van der Waals surface area contributed by atoms with Crippen molar-refractivity contribution < 1.29 is 4.79 Å². The molecule has 88 valence electrons. The van der Waals surface area contributed by atoms with Crippen LogP contribution in [0.4, 0.5) is 0 Å². The molecule has 2 aliphatic carbocycles. The molecular weight excluding hydrogens is 200 g/mol. The summed E-state index contributed by atoms with van der Waals surface area (Å²) in [5, 5.41) is 3.03. The predicted octanol–water partition coefficient (Wildman–Crippen LogP) is 2.12. The zero-order valence-corrected chi connectivity index (χ0v) is 9.91. The normalized spacial score (nSPS) is 41.3. The maximum Gasteiger partial charge on any atom is 0.250 e.